The lowest BCUT2D eigenvalue weighted by atomic mass is 9.68. The predicted octanol–water partition coefficient (Wildman–Crippen LogP) is -0.292. The first-order chi connectivity index (χ1) is 7.43. The van der Waals surface area contributed by atoms with Crippen molar-refractivity contribution in [2.45, 2.75) is 32.2 Å². The van der Waals surface area contributed by atoms with E-state index in [1.54, 1.807) is 21.0 Å². The minimum Gasteiger partial charge on any atom is -0.347 e. The zero-order valence-electron chi connectivity index (χ0n) is 10.2. The molecule has 3 N–H and O–H groups in total. The number of hydrogen-bond acceptors (Lipinski definition) is 3. The number of carbonyl (C=O) groups excluding carboxylic acids is 2. The summed E-state index contributed by atoms with van der Waals surface area (Å²) >= 11 is 0. The number of rotatable bonds is 4. The molecule has 0 spiro atoms. The van der Waals surface area contributed by atoms with Gasteiger partial charge in [-0.25, -0.2) is 0 Å². The van der Waals surface area contributed by atoms with Crippen LogP contribution in [0.15, 0.2) is 0 Å². The van der Waals surface area contributed by atoms with E-state index >= 15 is 0 Å². The summed E-state index contributed by atoms with van der Waals surface area (Å²) in [7, 11) is 3.35. The maximum atomic E-state index is 12.0. The van der Waals surface area contributed by atoms with Crippen LogP contribution in [0.5, 0.6) is 0 Å². The molecule has 1 aliphatic carbocycles. The molecule has 5 heteroatoms. The van der Waals surface area contributed by atoms with Crippen LogP contribution in [0, 0.1) is 5.41 Å². The third kappa shape index (κ3) is 2.35. The monoisotopic (exact) mass is 227 g/mol. The molecule has 0 bridgehead atoms. The molecule has 1 atom stereocenters. The molecule has 0 aliphatic heterocycles. The van der Waals surface area contributed by atoms with Crippen molar-refractivity contribution >= 4 is 11.8 Å². The minimum absolute atomic E-state index is 0.0797. The van der Waals surface area contributed by atoms with Gasteiger partial charge in [0.15, 0.2) is 0 Å². The van der Waals surface area contributed by atoms with E-state index in [-0.39, 0.29) is 11.8 Å². The van der Waals surface area contributed by atoms with E-state index in [2.05, 4.69) is 5.32 Å². The van der Waals surface area contributed by atoms with Gasteiger partial charge in [0.2, 0.25) is 11.8 Å². The van der Waals surface area contributed by atoms with Crippen molar-refractivity contribution in [3.05, 3.63) is 0 Å². The number of nitrogens with zero attached hydrogens (tertiary/aromatic N) is 1. The molecule has 2 amide bonds. The van der Waals surface area contributed by atoms with Crippen molar-refractivity contribution in [2.24, 2.45) is 11.1 Å². The summed E-state index contributed by atoms with van der Waals surface area (Å²) in [5.41, 5.74) is 5.21. The highest BCUT2D eigenvalue weighted by atomic mass is 16.2. The Morgan fingerprint density at radius 3 is 2.31 bits per heavy atom. The number of nitrogens with one attached hydrogen (secondary N) is 1. The highest BCUT2D eigenvalue weighted by Crippen LogP contribution is 2.40. The van der Waals surface area contributed by atoms with Gasteiger partial charge >= 0.3 is 0 Å². The van der Waals surface area contributed by atoms with Gasteiger partial charge in [0.25, 0.3) is 0 Å². The summed E-state index contributed by atoms with van der Waals surface area (Å²) in [5, 5.41) is 2.74. The molecule has 1 saturated carbocycles. The van der Waals surface area contributed by atoms with Gasteiger partial charge in [0.1, 0.15) is 6.04 Å². The van der Waals surface area contributed by atoms with Crippen molar-refractivity contribution < 1.29 is 9.59 Å². The van der Waals surface area contributed by atoms with E-state index in [0.717, 1.165) is 19.3 Å². The van der Waals surface area contributed by atoms with E-state index in [1.165, 1.54) is 4.90 Å². The van der Waals surface area contributed by atoms with Crippen molar-refractivity contribution in [3.63, 3.8) is 0 Å². The molecular weight excluding hydrogens is 206 g/mol. The Balaban J connectivity index is 2.54. The highest BCUT2D eigenvalue weighted by molar-refractivity contribution is 5.90. The van der Waals surface area contributed by atoms with Gasteiger partial charge in [-0.05, 0) is 19.8 Å². The molecular formula is C11H21N3O2. The molecule has 1 aliphatic rings. The Hall–Kier alpha value is -1.10. The van der Waals surface area contributed by atoms with Crippen molar-refractivity contribution in [1.82, 2.24) is 10.2 Å². The molecule has 0 radical (unpaired) electrons. The largest absolute Gasteiger partial charge is 0.347 e. The SMILES string of the molecule is CC(NC(=O)C1(CN)CCC1)C(=O)N(C)C. The number of amides is 2. The number of carbonyl (C=O) groups is 2. The lowest BCUT2D eigenvalue weighted by Gasteiger charge is -2.39. The average Bonchev–Trinajstić information content (AvgIpc) is 2.15. The van der Waals surface area contributed by atoms with Crippen LogP contribution in [-0.2, 0) is 9.59 Å². The Morgan fingerprint density at radius 2 is 2.00 bits per heavy atom. The molecule has 1 unspecified atom stereocenters. The summed E-state index contributed by atoms with van der Waals surface area (Å²) in [6.07, 6.45) is 2.71. The van der Waals surface area contributed by atoms with E-state index in [1.807, 2.05) is 0 Å². The number of nitrogens with two attached hydrogens (primary N) is 1. The van der Waals surface area contributed by atoms with E-state index < -0.39 is 11.5 Å². The van der Waals surface area contributed by atoms with Crippen LogP contribution < -0.4 is 11.1 Å². The van der Waals surface area contributed by atoms with Gasteiger partial charge in [-0.3, -0.25) is 9.59 Å². The van der Waals surface area contributed by atoms with Gasteiger partial charge in [-0.2, -0.15) is 0 Å². The standard InChI is InChI=1S/C11H21N3O2/c1-8(9(15)14(2)3)13-10(16)11(7-12)5-4-6-11/h8H,4-7,12H2,1-3H3,(H,13,16). The smallest absolute Gasteiger partial charge is 0.244 e. The third-order valence-electron chi connectivity index (χ3n) is 3.34. The van der Waals surface area contributed by atoms with E-state index in [4.69, 9.17) is 5.73 Å². The molecule has 0 saturated heterocycles. The van der Waals surface area contributed by atoms with Crippen molar-refractivity contribution in [1.29, 1.82) is 0 Å². The van der Waals surface area contributed by atoms with Crippen LogP contribution in [0.4, 0.5) is 0 Å². The second-order valence-electron chi connectivity index (χ2n) is 4.77. The van der Waals surface area contributed by atoms with Crippen LogP contribution in [0.2, 0.25) is 0 Å². The van der Waals surface area contributed by atoms with Gasteiger partial charge in [-0.1, -0.05) is 6.42 Å². The summed E-state index contributed by atoms with van der Waals surface area (Å²) in [5.74, 6) is -0.177. The number of hydrogen-bond donors (Lipinski definition) is 2. The molecule has 1 rings (SSSR count). The topological polar surface area (TPSA) is 75.4 Å². The maximum absolute atomic E-state index is 12.0. The average molecular weight is 227 g/mol. The van der Waals surface area contributed by atoms with Crippen LogP contribution in [0.3, 0.4) is 0 Å². The summed E-state index contributed by atoms with van der Waals surface area (Å²) in [4.78, 5) is 25.0. The van der Waals surface area contributed by atoms with Crippen LogP contribution in [0.1, 0.15) is 26.2 Å². The molecule has 0 heterocycles. The Labute approximate surface area is 96.4 Å². The predicted molar refractivity (Wildman–Crippen MR) is 61.6 cm³/mol. The first kappa shape index (κ1) is 13.0. The van der Waals surface area contributed by atoms with E-state index in [0.29, 0.717) is 6.54 Å². The van der Waals surface area contributed by atoms with Gasteiger partial charge in [-0.15, -0.1) is 0 Å². The maximum Gasteiger partial charge on any atom is 0.244 e. The second kappa shape index (κ2) is 4.82. The fourth-order valence-corrected chi connectivity index (χ4v) is 1.93. The first-order valence-corrected chi connectivity index (χ1v) is 5.65. The molecule has 1 fully saturated rings. The van der Waals surface area contributed by atoms with Crippen molar-refractivity contribution in [3.8, 4) is 0 Å². The van der Waals surface area contributed by atoms with Gasteiger partial charge in [0, 0.05) is 20.6 Å². The van der Waals surface area contributed by atoms with Crippen LogP contribution >= 0.6 is 0 Å². The van der Waals surface area contributed by atoms with Crippen LogP contribution in [0.25, 0.3) is 0 Å². The Kier molecular flexibility index (Phi) is 3.91. The van der Waals surface area contributed by atoms with Gasteiger partial charge < -0.3 is 16.0 Å². The Morgan fingerprint density at radius 1 is 1.44 bits per heavy atom. The summed E-state index contributed by atoms with van der Waals surface area (Å²) in [6.45, 7) is 2.06. The van der Waals surface area contributed by atoms with Crippen molar-refractivity contribution in [2.75, 3.05) is 20.6 Å². The molecule has 16 heavy (non-hydrogen) atoms. The van der Waals surface area contributed by atoms with Crippen LogP contribution in [-0.4, -0.2) is 43.4 Å². The zero-order chi connectivity index (χ0) is 12.3. The quantitative estimate of drug-likeness (QED) is 0.693. The Bertz CT molecular complexity index is 279. The highest BCUT2D eigenvalue weighted by Gasteiger charge is 2.43. The third-order valence-corrected chi connectivity index (χ3v) is 3.34. The molecule has 0 aromatic rings. The molecule has 92 valence electrons. The lowest BCUT2D eigenvalue weighted by Crippen LogP contribution is -2.55. The number of likely N-dealkylation sites (N-methyl/N-ethyl adjacent to an activating group) is 1. The van der Waals surface area contributed by atoms with E-state index in [9.17, 15) is 9.59 Å². The molecule has 5 nitrogen and oxygen atoms in total. The van der Waals surface area contributed by atoms with Gasteiger partial charge in [0.05, 0.1) is 5.41 Å². The second-order valence-corrected chi connectivity index (χ2v) is 4.77. The minimum atomic E-state index is -0.480. The summed E-state index contributed by atoms with van der Waals surface area (Å²) < 4.78 is 0. The normalized spacial score (nSPS) is 19.5. The molecule has 0 aromatic heterocycles. The zero-order valence-corrected chi connectivity index (χ0v) is 10.2. The fraction of sp³-hybridized carbons (Fsp3) is 0.818. The molecule has 0 aromatic carbocycles. The fourth-order valence-electron chi connectivity index (χ4n) is 1.93. The first-order valence-electron chi connectivity index (χ1n) is 5.65. The lowest BCUT2D eigenvalue weighted by molar-refractivity contribution is -0.140. The summed E-state index contributed by atoms with van der Waals surface area (Å²) in [6, 6.07) is -0.480.